The molecule has 0 fully saturated rings. The molecule has 11 heteroatoms. The van der Waals surface area contributed by atoms with Crippen LogP contribution in [0.5, 0.6) is 0 Å². The summed E-state index contributed by atoms with van der Waals surface area (Å²) in [4.78, 5) is 10.3. The van der Waals surface area contributed by atoms with E-state index < -0.39 is 22.2 Å². The van der Waals surface area contributed by atoms with E-state index in [0.717, 1.165) is 12.8 Å². The molecule has 0 aliphatic heterocycles. The first-order valence-electron chi connectivity index (χ1n) is 18.2. The average Bonchev–Trinajstić information content (AvgIpc) is 3.11. The number of hydrogen-bond donors (Lipinski definition) is 10. The minimum atomic E-state index is -0.667. The molecule has 0 atom stereocenters. The van der Waals surface area contributed by atoms with Crippen molar-refractivity contribution in [2.24, 2.45) is 16.2 Å². The first-order valence-corrected chi connectivity index (χ1v) is 18.2. The average molecular weight is 687 g/mol. The van der Waals surface area contributed by atoms with Crippen molar-refractivity contribution >= 4 is 5.97 Å². The van der Waals surface area contributed by atoms with Crippen molar-refractivity contribution in [2.45, 2.75) is 150 Å². The molecule has 0 aromatic heterocycles. The highest BCUT2D eigenvalue weighted by molar-refractivity contribution is 5.66. The van der Waals surface area contributed by atoms with E-state index in [9.17, 15) is 4.79 Å². The lowest BCUT2D eigenvalue weighted by Crippen LogP contribution is -2.32. The Morgan fingerprint density at radius 2 is 0.553 bits per heavy atom. The molecule has 0 aliphatic rings. The molecular formula is C36H78O11. The number of carbonyl (C=O) groups is 1. The molecule has 0 bridgehead atoms. The SMILES string of the molecule is CCC(CO)(CO)CO.CCC(CO)(CO)CO.CCC(CO)(CO)CO.CCCCCCCCCCCCCCCCCC(=O)O. The van der Waals surface area contributed by atoms with E-state index in [1.807, 2.05) is 20.8 Å². The number of carboxylic acid groups (broad SMARTS) is 1. The van der Waals surface area contributed by atoms with Gasteiger partial charge in [-0.15, -0.1) is 0 Å². The molecule has 0 saturated heterocycles. The minimum absolute atomic E-state index is 0.156. The minimum Gasteiger partial charge on any atom is -0.481 e. The van der Waals surface area contributed by atoms with Gasteiger partial charge in [-0.1, -0.05) is 118 Å². The van der Waals surface area contributed by atoms with Gasteiger partial charge in [-0.3, -0.25) is 4.79 Å². The largest absolute Gasteiger partial charge is 0.481 e. The van der Waals surface area contributed by atoms with Gasteiger partial charge in [-0.2, -0.15) is 0 Å². The number of aliphatic carboxylic acids is 1. The van der Waals surface area contributed by atoms with Gasteiger partial charge >= 0.3 is 5.97 Å². The number of carboxylic acids is 1. The Labute approximate surface area is 287 Å². The van der Waals surface area contributed by atoms with Crippen LogP contribution in [0.2, 0.25) is 0 Å². The summed E-state index contributed by atoms with van der Waals surface area (Å²) in [6.07, 6.45) is 22.0. The Hall–Kier alpha value is -0.890. The molecule has 0 aromatic rings. The highest BCUT2D eigenvalue weighted by Gasteiger charge is 2.26. The molecule has 47 heavy (non-hydrogen) atoms. The monoisotopic (exact) mass is 687 g/mol. The summed E-state index contributed by atoms with van der Waals surface area (Å²) in [6.45, 7) is 6.33. The standard InChI is InChI=1S/C18H36O2.3C6H14O3/c1-2-3-4-5-6-7-8-9-10-11-12-13-14-15-16-17-18(19)20;3*1-2-6(3-7,4-8)5-9/h2-17H2,1H3,(H,19,20);3*7-9H,2-5H2,1H3. The maximum Gasteiger partial charge on any atom is 0.303 e. The Morgan fingerprint density at radius 1 is 0.362 bits per heavy atom. The van der Waals surface area contributed by atoms with Gasteiger partial charge < -0.3 is 51.1 Å². The van der Waals surface area contributed by atoms with Gasteiger partial charge in [-0.25, -0.2) is 0 Å². The zero-order valence-electron chi connectivity index (χ0n) is 30.7. The second-order valence-corrected chi connectivity index (χ2v) is 13.1. The normalized spacial score (nSPS) is 11.5. The molecule has 0 amide bonds. The van der Waals surface area contributed by atoms with Crippen LogP contribution in [0.25, 0.3) is 0 Å². The van der Waals surface area contributed by atoms with Crippen LogP contribution in [0, 0.1) is 16.2 Å². The van der Waals surface area contributed by atoms with Gasteiger partial charge in [0.25, 0.3) is 0 Å². The molecule has 288 valence electrons. The van der Waals surface area contributed by atoms with Gasteiger partial charge in [0.05, 0.1) is 59.5 Å². The summed E-state index contributed by atoms with van der Waals surface area (Å²) in [5, 5.41) is 86.4. The first-order chi connectivity index (χ1) is 22.5. The number of rotatable bonds is 28. The van der Waals surface area contributed by atoms with Crippen molar-refractivity contribution in [3.63, 3.8) is 0 Å². The third-order valence-electron chi connectivity index (χ3n) is 9.26. The van der Waals surface area contributed by atoms with Crippen molar-refractivity contribution in [1.82, 2.24) is 0 Å². The quantitative estimate of drug-likeness (QED) is 0.0520. The fraction of sp³-hybridized carbons (Fsp3) is 0.972. The van der Waals surface area contributed by atoms with Crippen LogP contribution in [0.1, 0.15) is 150 Å². The van der Waals surface area contributed by atoms with Crippen molar-refractivity contribution in [1.29, 1.82) is 0 Å². The molecule has 11 nitrogen and oxygen atoms in total. The Morgan fingerprint density at radius 3 is 0.681 bits per heavy atom. The van der Waals surface area contributed by atoms with Gasteiger partial charge in [-0.05, 0) is 25.7 Å². The molecule has 0 rings (SSSR count). The molecule has 10 N–H and O–H groups in total. The zero-order valence-corrected chi connectivity index (χ0v) is 30.7. The van der Waals surface area contributed by atoms with E-state index in [1.54, 1.807) is 0 Å². The summed E-state index contributed by atoms with van der Waals surface area (Å²) < 4.78 is 0. The zero-order chi connectivity index (χ0) is 36.9. The summed E-state index contributed by atoms with van der Waals surface area (Å²) in [5.74, 6) is -0.653. The van der Waals surface area contributed by atoms with E-state index in [4.69, 9.17) is 51.1 Å². The summed E-state index contributed by atoms with van der Waals surface area (Å²) in [5.41, 5.74) is -2.00. The van der Waals surface area contributed by atoms with Gasteiger partial charge in [0.1, 0.15) is 0 Å². The molecule has 0 radical (unpaired) electrons. The van der Waals surface area contributed by atoms with Crippen LogP contribution >= 0.6 is 0 Å². The maximum absolute atomic E-state index is 10.3. The molecule has 0 heterocycles. The number of aliphatic hydroxyl groups is 9. The third kappa shape index (κ3) is 30.9. The number of hydrogen-bond acceptors (Lipinski definition) is 10. The Bertz CT molecular complexity index is 508. The second-order valence-electron chi connectivity index (χ2n) is 13.1. The van der Waals surface area contributed by atoms with E-state index in [2.05, 4.69) is 6.92 Å². The third-order valence-corrected chi connectivity index (χ3v) is 9.26. The predicted molar refractivity (Wildman–Crippen MR) is 189 cm³/mol. The van der Waals surface area contributed by atoms with Gasteiger partial charge in [0, 0.05) is 22.7 Å². The lowest BCUT2D eigenvalue weighted by atomic mass is 9.88. The van der Waals surface area contributed by atoms with Crippen molar-refractivity contribution in [3.05, 3.63) is 0 Å². The van der Waals surface area contributed by atoms with E-state index in [-0.39, 0.29) is 59.5 Å². The number of aliphatic hydroxyl groups excluding tert-OH is 9. The lowest BCUT2D eigenvalue weighted by Gasteiger charge is -2.24. The number of unbranched alkanes of at least 4 members (excludes halogenated alkanes) is 14. The smallest absolute Gasteiger partial charge is 0.303 e. The van der Waals surface area contributed by atoms with E-state index >= 15 is 0 Å². The van der Waals surface area contributed by atoms with Crippen LogP contribution in [0.15, 0.2) is 0 Å². The van der Waals surface area contributed by atoms with Crippen LogP contribution < -0.4 is 0 Å². The molecule has 0 aromatic carbocycles. The fourth-order valence-corrected chi connectivity index (χ4v) is 4.10. The lowest BCUT2D eigenvalue weighted by molar-refractivity contribution is -0.137. The van der Waals surface area contributed by atoms with Crippen LogP contribution in [0.4, 0.5) is 0 Å². The van der Waals surface area contributed by atoms with Gasteiger partial charge in [0.2, 0.25) is 0 Å². The summed E-state index contributed by atoms with van der Waals surface area (Å²) in [7, 11) is 0. The van der Waals surface area contributed by atoms with Crippen LogP contribution in [0.3, 0.4) is 0 Å². The van der Waals surface area contributed by atoms with Gasteiger partial charge in [0.15, 0.2) is 0 Å². The van der Waals surface area contributed by atoms with E-state index in [1.165, 1.54) is 83.5 Å². The maximum atomic E-state index is 10.3. The molecule has 0 saturated carbocycles. The van der Waals surface area contributed by atoms with Crippen LogP contribution in [-0.2, 0) is 4.79 Å². The Kier molecular flexibility index (Phi) is 42.7. The highest BCUT2D eigenvalue weighted by Crippen LogP contribution is 2.20. The van der Waals surface area contributed by atoms with Crippen molar-refractivity contribution < 1.29 is 55.9 Å². The first kappa shape index (κ1) is 52.9. The summed E-state index contributed by atoms with van der Waals surface area (Å²) in [6, 6.07) is 0. The molecule has 0 spiro atoms. The topological polar surface area (TPSA) is 219 Å². The Balaban J connectivity index is -0.000000287. The second kappa shape index (κ2) is 37.9. The van der Waals surface area contributed by atoms with Crippen molar-refractivity contribution in [2.75, 3.05) is 59.5 Å². The summed E-state index contributed by atoms with van der Waals surface area (Å²) >= 11 is 0. The van der Waals surface area contributed by atoms with Crippen LogP contribution in [-0.4, -0.2) is 116 Å². The molecule has 0 unspecified atom stereocenters. The fourth-order valence-electron chi connectivity index (χ4n) is 4.10. The highest BCUT2D eigenvalue weighted by atomic mass is 16.4. The van der Waals surface area contributed by atoms with E-state index in [0.29, 0.717) is 25.7 Å². The molecule has 0 aliphatic carbocycles. The van der Waals surface area contributed by atoms with Crippen molar-refractivity contribution in [3.8, 4) is 0 Å². The predicted octanol–water partition coefficient (Wildman–Crippen LogP) is 4.41. The molecular weight excluding hydrogens is 608 g/mol.